The molecule has 1 aromatic rings. The Bertz CT molecular complexity index is 1300. The Morgan fingerprint density at radius 2 is 1.80 bits per heavy atom. The number of ether oxygens (including phenoxy) is 4. The predicted molar refractivity (Wildman–Crippen MR) is 154 cm³/mol. The number of hydrogen-bond acceptors (Lipinski definition) is 10. The lowest BCUT2D eigenvalue weighted by Gasteiger charge is -2.64. The Kier molecular flexibility index (Phi) is 8.75. The zero-order valence-electron chi connectivity index (χ0n) is 25.5. The summed E-state index contributed by atoms with van der Waals surface area (Å²) in [6.45, 7) is 5.80. The lowest BCUT2D eigenvalue weighted by atomic mass is 9.50. The van der Waals surface area contributed by atoms with Crippen molar-refractivity contribution in [1.29, 1.82) is 5.26 Å². The fraction of sp³-hybridized carbons (Fsp3) is 0.677. The number of hydrogen-bond donors (Lipinski definition) is 0. The second-order valence-electron chi connectivity index (χ2n) is 13.6. The van der Waals surface area contributed by atoms with E-state index < -0.39 is 40.0 Å². The molecule has 1 aromatic carbocycles. The molecule has 4 bridgehead atoms. The molecular formula is C31H40N4O9. The average molecular weight is 613 g/mol. The summed E-state index contributed by atoms with van der Waals surface area (Å²) < 4.78 is 22.6. The van der Waals surface area contributed by atoms with Crippen LogP contribution in [0.4, 0.5) is 15.3 Å². The average Bonchev–Trinajstić information content (AvgIpc) is 3.42. The van der Waals surface area contributed by atoms with Crippen LogP contribution in [0, 0.1) is 33.3 Å². The summed E-state index contributed by atoms with van der Waals surface area (Å²) in [6.07, 6.45) is 4.61. The Hall–Kier alpha value is -3.92. The van der Waals surface area contributed by atoms with Crippen LogP contribution in [0.2, 0.25) is 0 Å². The number of amides is 2. The molecular weight excluding hydrogens is 572 g/mol. The van der Waals surface area contributed by atoms with Gasteiger partial charge in [-0.05, 0) is 96.1 Å². The fourth-order valence-electron chi connectivity index (χ4n) is 7.93. The summed E-state index contributed by atoms with van der Waals surface area (Å²) in [5.74, 6) is 0.493. The van der Waals surface area contributed by atoms with E-state index in [1.807, 2.05) is 0 Å². The molecule has 13 nitrogen and oxygen atoms in total. The van der Waals surface area contributed by atoms with E-state index in [0.29, 0.717) is 31.2 Å². The topological polar surface area (TPSA) is 162 Å². The summed E-state index contributed by atoms with van der Waals surface area (Å²) in [6, 6.07) is 6.82. The minimum absolute atomic E-state index is 0.0608. The smallest absolute Gasteiger partial charge is 0.444 e. The van der Waals surface area contributed by atoms with Gasteiger partial charge in [0.05, 0.1) is 28.7 Å². The van der Waals surface area contributed by atoms with Crippen LogP contribution in [0.3, 0.4) is 0 Å². The summed E-state index contributed by atoms with van der Waals surface area (Å²) in [7, 11) is 0. The first kappa shape index (κ1) is 31.5. The highest BCUT2D eigenvalue weighted by Crippen LogP contribution is 2.61. The van der Waals surface area contributed by atoms with Gasteiger partial charge in [-0.15, -0.1) is 0 Å². The minimum Gasteiger partial charge on any atom is -0.444 e. The van der Waals surface area contributed by atoms with Crippen molar-refractivity contribution < 1.29 is 38.3 Å². The molecule has 0 N–H and O–H groups in total. The monoisotopic (exact) mass is 612 g/mol. The first-order chi connectivity index (χ1) is 20.8. The van der Waals surface area contributed by atoms with Gasteiger partial charge in [0.25, 0.3) is 5.69 Å². The molecule has 4 saturated carbocycles. The third-order valence-corrected chi connectivity index (χ3v) is 9.14. The zero-order valence-corrected chi connectivity index (χ0v) is 25.5. The summed E-state index contributed by atoms with van der Waals surface area (Å²) in [4.78, 5) is 52.9. The Morgan fingerprint density at radius 1 is 1.11 bits per heavy atom. The van der Waals surface area contributed by atoms with Gasteiger partial charge in [-0.2, -0.15) is 5.26 Å². The van der Waals surface area contributed by atoms with Gasteiger partial charge in [0, 0.05) is 18.7 Å². The van der Waals surface area contributed by atoms with Crippen molar-refractivity contribution >= 4 is 23.8 Å². The van der Waals surface area contributed by atoms with Crippen LogP contribution in [0.1, 0.15) is 72.1 Å². The zero-order chi connectivity index (χ0) is 31.7. The minimum atomic E-state index is -0.948. The number of carbonyl (C=O) groups is 3. The predicted octanol–water partition coefficient (Wildman–Crippen LogP) is 4.97. The van der Waals surface area contributed by atoms with E-state index in [2.05, 4.69) is 6.07 Å². The number of nitrogens with zero attached hydrogens (tertiary/aromatic N) is 4. The Morgan fingerprint density at radius 3 is 2.41 bits per heavy atom. The Labute approximate surface area is 256 Å². The normalized spacial score (nSPS) is 28.7. The van der Waals surface area contributed by atoms with E-state index in [1.54, 1.807) is 30.6 Å². The van der Waals surface area contributed by atoms with Crippen molar-refractivity contribution in [2.75, 3.05) is 26.3 Å². The van der Waals surface area contributed by atoms with E-state index in [1.165, 1.54) is 24.3 Å². The maximum Gasteiger partial charge on any atom is 0.513 e. The van der Waals surface area contributed by atoms with Crippen LogP contribution < -0.4 is 4.74 Å². The molecule has 238 valence electrons. The maximum absolute atomic E-state index is 13.7. The molecule has 3 unspecified atom stereocenters. The van der Waals surface area contributed by atoms with Crippen molar-refractivity contribution in [3.8, 4) is 11.8 Å². The molecule has 1 heterocycles. The number of nitro benzene ring substituents is 1. The first-order valence-corrected chi connectivity index (χ1v) is 15.2. The Balaban J connectivity index is 1.25. The van der Waals surface area contributed by atoms with Crippen LogP contribution in [-0.2, 0) is 19.0 Å². The molecule has 13 heteroatoms. The molecule has 0 spiro atoms. The number of benzene rings is 1. The van der Waals surface area contributed by atoms with E-state index in [-0.39, 0.29) is 37.1 Å². The number of carbonyl (C=O) groups excluding carboxylic acids is 3. The van der Waals surface area contributed by atoms with Gasteiger partial charge >= 0.3 is 12.2 Å². The van der Waals surface area contributed by atoms with E-state index in [4.69, 9.17) is 18.9 Å². The largest absolute Gasteiger partial charge is 0.513 e. The number of rotatable bonds is 9. The van der Waals surface area contributed by atoms with Crippen LogP contribution in [0.15, 0.2) is 24.3 Å². The third-order valence-electron chi connectivity index (χ3n) is 9.14. The molecule has 5 fully saturated rings. The highest BCUT2D eigenvalue weighted by molar-refractivity contribution is 5.83. The molecule has 0 radical (unpaired) electrons. The molecule has 5 aliphatic rings. The van der Waals surface area contributed by atoms with E-state index >= 15 is 0 Å². The van der Waals surface area contributed by atoms with Crippen LogP contribution in [0.25, 0.3) is 0 Å². The molecule has 0 aromatic heterocycles. The second kappa shape index (κ2) is 12.2. The highest BCUT2D eigenvalue weighted by Gasteiger charge is 2.62. The molecule has 44 heavy (non-hydrogen) atoms. The molecule has 1 saturated heterocycles. The standard InChI is InChI=1S/C31H40N4O9/c1-29(2,3)44-27(37)34(19-26(36)33-10-4-5-24(33)18-32)30-14-21-13-22(15-30)17-31(16-21,20-30)42-12-11-41-28(38)43-25-8-6-23(7-9-25)35(39)40/h6-9,21-22,24H,4-5,10-17,19-20H2,1-3H3/t21-,22?,24-,30?,31?/m0/s1. The van der Waals surface area contributed by atoms with Gasteiger partial charge in [0.1, 0.15) is 30.5 Å². The van der Waals surface area contributed by atoms with Crippen molar-refractivity contribution in [2.45, 2.75) is 94.9 Å². The quantitative estimate of drug-likeness (QED) is 0.122. The van der Waals surface area contributed by atoms with Crippen molar-refractivity contribution in [3.05, 3.63) is 34.4 Å². The fourth-order valence-corrected chi connectivity index (χ4v) is 7.93. The summed E-state index contributed by atoms with van der Waals surface area (Å²) in [5.41, 5.74) is -2.04. The van der Waals surface area contributed by atoms with Gasteiger partial charge < -0.3 is 23.8 Å². The SMILES string of the molecule is CC(C)(C)OC(=O)N(CC(=O)N1CCC[C@H]1C#N)C12CC3C[C@H](CC(OCCOC(=O)Oc4ccc([N+](=O)[O-])cc4)(C3)C1)C2. The second-order valence-corrected chi connectivity index (χ2v) is 13.6. The van der Waals surface area contributed by atoms with Crippen molar-refractivity contribution in [1.82, 2.24) is 9.80 Å². The molecule has 4 aliphatic carbocycles. The number of likely N-dealkylation sites (tertiary alicyclic amines) is 1. The first-order valence-electron chi connectivity index (χ1n) is 15.2. The van der Waals surface area contributed by atoms with Crippen molar-refractivity contribution in [3.63, 3.8) is 0 Å². The maximum atomic E-state index is 13.7. The van der Waals surface area contributed by atoms with Gasteiger partial charge in [-0.25, -0.2) is 9.59 Å². The summed E-state index contributed by atoms with van der Waals surface area (Å²) >= 11 is 0. The third kappa shape index (κ3) is 6.90. The van der Waals surface area contributed by atoms with Crippen LogP contribution in [0.5, 0.6) is 5.75 Å². The molecule has 5 atom stereocenters. The van der Waals surface area contributed by atoms with Crippen molar-refractivity contribution in [2.24, 2.45) is 11.8 Å². The van der Waals surface area contributed by atoms with E-state index in [9.17, 15) is 29.8 Å². The van der Waals surface area contributed by atoms with E-state index in [0.717, 1.165) is 38.5 Å². The number of non-ortho nitro benzene ring substituents is 1. The van der Waals surface area contributed by atoms with Gasteiger partial charge in [0.2, 0.25) is 5.91 Å². The molecule has 6 rings (SSSR count). The van der Waals surface area contributed by atoms with Crippen LogP contribution in [-0.4, -0.2) is 82.0 Å². The lowest BCUT2D eigenvalue weighted by molar-refractivity contribution is -0.384. The van der Waals surface area contributed by atoms with Gasteiger partial charge in [-0.1, -0.05) is 0 Å². The van der Waals surface area contributed by atoms with Gasteiger partial charge in [0.15, 0.2) is 0 Å². The van der Waals surface area contributed by atoms with Gasteiger partial charge in [-0.3, -0.25) is 19.8 Å². The number of nitriles is 1. The number of nitro groups is 1. The highest BCUT2D eigenvalue weighted by atomic mass is 16.7. The molecule has 2 amide bonds. The summed E-state index contributed by atoms with van der Waals surface area (Å²) in [5, 5.41) is 20.4. The lowest BCUT2D eigenvalue weighted by Crippen LogP contribution is -2.68. The van der Waals surface area contributed by atoms with Crippen LogP contribution >= 0.6 is 0 Å². The molecule has 1 aliphatic heterocycles.